The maximum absolute atomic E-state index is 11.7. The van der Waals surface area contributed by atoms with E-state index in [4.69, 9.17) is 9.47 Å². The number of fused-ring (bicyclic) bond motifs is 1. The van der Waals surface area contributed by atoms with E-state index in [2.05, 4.69) is 10.6 Å². The van der Waals surface area contributed by atoms with Crippen LogP contribution in [0.2, 0.25) is 0 Å². The molecule has 1 aliphatic heterocycles. The first-order chi connectivity index (χ1) is 11.7. The highest BCUT2D eigenvalue weighted by Crippen LogP contribution is 2.28. The number of amides is 2. The van der Waals surface area contributed by atoms with Crippen molar-refractivity contribution in [2.24, 2.45) is 0 Å². The number of rotatable bonds is 5. The maximum Gasteiger partial charge on any atom is 0.407 e. The number of nitrogens with one attached hydrogen (secondary N) is 2. The van der Waals surface area contributed by atoms with E-state index in [-0.39, 0.29) is 19.1 Å². The lowest BCUT2D eigenvalue weighted by Gasteiger charge is -2.18. The molecule has 0 saturated heterocycles. The second-order valence-corrected chi connectivity index (χ2v) is 5.41. The molecule has 24 heavy (non-hydrogen) atoms. The van der Waals surface area contributed by atoms with Crippen molar-refractivity contribution in [2.75, 3.05) is 18.5 Å². The van der Waals surface area contributed by atoms with Gasteiger partial charge in [-0.05, 0) is 29.7 Å². The van der Waals surface area contributed by atoms with E-state index in [9.17, 15) is 9.59 Å². The maximum atomic E-state index is 11.7. The Hall–Kier alpha value is -3.02. The molecular weight excluding hydrogens is 308 g/mol. The van der Waals surface area contributed by atoms with Crippen molar-refractivity contribution < 1.29 is 19.1 Å². The summed E-state index contributed by atoms with van der Waals surface area (Å²) < 4.78 is 10.4. The molecular formula is C18H18N2O4. The summed E-state index contributed by atoms with van der Waals surface area (Å²) in [6.07, 6.45) is 0.178. The van der Waals surface area contributed by atoms with Gasteiger partial charge in [0, 0.05) is 6.54 Å². The Balaban J connectivity index is 1.44. The number of carbonyl (C=O) groups excluding carboxylic acids is 2. The van der Waals surface area contributed by atoms with E-state index in [0.717, 1.165) is 11.1 Å². The van der Waals surface area contributed by atoms with Crippen LogP contribution >= 0.6 is 0 Å². The topological polar surface area (TPSA) is 76.7 Å². The first-order valence-electron chi connectivity index (χ1n) is 7.71. The molecule has 0 bridgehead atoms. The third kappa shape index (κ3) is 4.25. The van der Waals surface area contributed by atoms with Gasteiger partial charge in [0.1, 0.15) is 12.4 Å². The minimum Gasteiger partial charge on any atom is -0.482 e. The first kappa shape index (κ1) is 15.9. The fourth-order valence-electron chi connectivity index (χ4n) is 2.37. The zero-order chi connectivity index (χ0) is 16.8. The molecule has 124 valence electrons. The van der Waals surface area contributed by atoms with Crippen LogP contribution in [-0.2, 0) is 22.6 Å². The molecule has 0 atom stereocenters. The fraction of sp³-hybridized carbons (Fsp3) is 0.222. The van der Waals surface area contributed by atoms with E-state index in [1.54, 1.807) is 0 Å². The molecule has 0 aromatic heterocycles. The lowest BCUT2D eigenvalue weighted by Crippen LogP contribution is -2.27. The third-order valence-electron chi connectivity index (χ3n) is 3.57. The number of carbonyl (C=O) groups is 2. The molecule has 1 aliphatic rings. The van der Waals surface area contributed by atoms with Gasteiger partial charge in [-0.1, -0.05) is 36.4 Å². The molecule has 0 fully saturated rings. The largest absolute Gasteiger partial charge is 0.482 e. The van der Waals surface area contributed by atoms with Crippen molar-refractivity contribution in [1.82, 2.24) is 5.32 Å². The van der Waals surface area contributed by atoms with E-state index in [1.165, 1.54) is 0 Å². The molecule has 1 heterocycles. The number of hydrogen-bond donors (Lipinski definition) is 2. The Labute approximate surface area is 139 Å². The highest BCUT2D eigenvalue weighted by atomic mass is 16.5. The number of hydrogen-bond acceptors (Lipinski definition) is 4. The van der Waals surface area contributed by atoms with Gasteiger partial charge >= 0.3 is 6.09 Å². The monoisotopic (exact) mass is 326 g/mol. The molecule has 6 nitrogen and oxygen atoms in total. The van der Waals surface area contributed by atoms with Crippen molar-refractivity contribution >= 4 is 17.7 Å². The molecule has 0 saturated carbocycles. The van der Waals surface area contributed by atoms with Gasteiger partial charge in [0.15, 0.2) is 6.61 Å². The van der Waals surface area contributed by atoms with Crippen molar-refractivity contribution in [3.05, 3.63) is 59.7 Å². The van der Waals surface area contributed by atoms with Crippen LogP contribution in [0, 0.1) is 0 Å². The summed E-state index contributed by atoms with van der Waals surface area (Å²) in [6.45, 7) is 0.733. The third-order valence-corrected chi connectivity index (χ3v) is 3.57. The Kier molecular flexibility index (Phi) is 4.96. The van der Waals surface area contributed by atoms with Gasteiger partial charge in [-0.2, -0.15) is 0 Å². The highest BCUT2D eigenvalue weighted by Gasteiger charge is 2.15. The second-order valence-electron chi connectivity index (χ2n) is 5.41. The lowest BCUT2D eigenvalue weighted by molar-refractivity contribution is -0.118. The van der Waals surface area contributed by atoms with Crippen LogP contribution in [0.25, 0.3) is 0 Å². The van der Waals surface area contributed by atoms with E-state index in [0.29, 0.717) is 24.4 Å². The molecule has 6 heteroatoms. The summed E-state index contributed by atoms with van der Waals surface area (Å²) in [5.41, 5.74) is 2.59. The van der Waals surface area contributed by atoms with Gasteiger partial charge in [-0.3, -0.25) is 4.79 Å². The molecule has 0 aliphatic carbocycles. The number of anilines is 1. The summed E-state index contributed by atoms with van der Waals surface area (Å²) in [6, 6.07) is 15.1. The van der Waals surface area contributed by atoms with Gasteiger partial charge in [-0.25, -0.2) is 4.79 Å². The average molecular weight is 326 g/mol. The smallest absolute Gasteiger partial charge is 0.407 e. The van der Waals surface area contributed by atoms with Crippen LogP contribution in [0.15, 0.2) is 48.5 Å². The molecule has 0 radical (unpaired) electrons. The second kappa shape index (κ2) is 7.50. The number of ether oxygens (including phenoxy) is 2. The van der Waals surface area contributed by atoms with E-state index >= 15 is 0 Å². The van der Waals surface area contributed by atoms with Crippen LogP contribution in [-0.4, -0.2) is 25.2 Å². The minimum absolute atomic E-state index is 0.0428. The van der Waals surface area contributed by atoms with Gasteiger partial charge in [0.25, 0.3) is 5.91 Å². The Morgan fingerprint density at radius 1 is 1.17 bits per heavy atom. The fourth-order valence-corrected chi connectivity index (χ4v) is 2.37. The average Bonchev–Trinajstić information content (AvgIpc) is 2.60. The SMILES string of the molecule is O=C1COc2ccc(CCNC(=O)OCc3ccccc3)cc2N1. The first-order valence-corrected chi connectivity index (χ1v) is 7.71. The van der Waals surface area contributed by atoms with Gasteiger partial charge < -0.3 is 20.1 Å². The van der Waals surface area contributed by atoms with Crippen LogP contribution in [0.3, 0.4) is 0 Å². The number of benzene rings is 2. The van der Waals surface area contributed by atoms with Crippen molar-refractivity contribution in [1.29, 1.82) is 0 Å². The molecule has 2 aromatic rings. The summed E-state index contributed by atoms with van der Waals surface area (Å²) in [4.78, 5) is 23.0. The zero-order valence-electron chi connectivity index (χ0n) is 13.1. The minimum atomic E-state index is -0.451. The van der Waals surface area contributed by atoms with Crippen LogP contribution in [0.4, 0.5) is 10.5 Å². The molecule has 0 spiro atoms. The Bertz CT molecular complexity index is 731. The van der Waals surface area contributed by atoms with Crippen molar-refractivity contribution in [2.45, 2.75) is 13.0 Å². The lowest BCUT2D eigenvalue weighted by atomic mass is 10.1. The van der Waals surface area contributed by atoms with E-state index < -0.39 is 6.09 Å². The highest BCUT2D eigenvalue weighted by molar-refractivity contribution is 5.95. The summed E-state index contributed by atoms with van der Waals surface area (Å²) in [7, 11) is 0. The predicted molar refractivity (Wildman–Crippen MR) is 88.9 cm³/mol. The van der Waals surface area contributed by atoms with Crippen molar-refractivity contribution in [3.63, 3.8) is 0 Å². The summed E-state index contributed by atoms with van der Waals surface area (Å²) in [5.74, 6) is 0.496. The van der Waals surface area contributed by atoms with Crippen molar-refractivity contribution in [3.8, 4) is 5.75 Å². The van der Waals surface area contributed by atoms with E-state index in [1.807, 2.05) is 48.5 Å². The molecule has 2 N–H and O–H groups in total. The van der Waals surface area contributed by atoms with Gasteiger partial charge in [-0.15, -0.1) is 0 Å². The van der Waals surface area contributed by atoms with Gasteiger partial charge in [0.2, 0.25) is 0 Å². The summed E-state index contributed by atoms with van der Waals surface area (Å²) >= 11 is 0. The Morgan fingerprint density at radius 3 is 2.83 bits per heavy atom. The molecule has 2 amide bonds. The van der Waals surface area contributed by atoms with Crippen LogP contribution in [0.1, 0.15) is 11.1 Å². The predicted octanol–water partition coefficient (Wildman–Crippen LogP) is 2.49. The zero-order valence-corrected chi connectivity index (χ0v) is 13.1. The number of alkyl carbamates (subject to hydrolysis) is 1. The molecule has 0 unspecified atom stereocenters. The molecule has 2 aromatic carbocycles. The van der Waals surface area contributed by atoms with Gasteiger partial charge in [0.05, 0.1) is 5.69 Å². The standard InChI is InChI=1S/C18H18N2O4/c21-17-12-23-16-7-6-13(10-15(16)20-17)8-9-19-18(22)24-11-14-4-2-1-3-5-14/h1-7,10H,8-9,11-12H2,(H,19,22)(H,20,21). The molecule has 3 rings (SSSR count). The summed E-state index contributed by atoms with van der Waals surface area (Å²) in [5, 5.41) is 5.47. The van der Waals surface area contributed by atoms with Crippen LogP contribution in [0.5, 0.6) is 5.75 Å². The quantitative estimate of drug-likeness (QED) is 0.885. The Morgan fingerprint density at radius 2 is 2.00 bits per heavy atom. The normalized spacial score (nSPS) is 12.6. The van der Waals surface area contributed by atoms with Crippen LogP contribution < -0.4 is 15.4 Å².